The van der Waals surface area contributed by atoms with Crippen molar-refractivity contribution in [3.8, 4) is 11.5 Å². The number of ether oxygens (including phenoxy) is 2. The number of para-hydroxylation sites is 1. The van der Waals surface area contributed by atoms with Gasteiger partial charge in [0, 0.05) is 11.3 Å². The van der Waals surface area contributed by atoms with E-state index < -0.39 is 0 Å². The molecule has 0 saturated heterocycles. The maximum absolute atomic E-state index is 12.8. The van der Waals surface area contributed by atoms with Crippen LogP contribution in [0.1, 0.15) is 27.6 Å². The Morgan fingerprint density at radius 2 is 1.50 bits per heavy atom. The van der Waals surface area contributed by atoms with E-state index in [0.29, 0.717) is 34.9 Å². The van der Waals surface area contributed by atoms with E-state index in [4.69, 9.17) is 21.7 Å². The summed E-state index contributed by atoms with van der Waals surface area (Å²) in [5, 5.41) is 8.45. The third-order valence-electron chi connectivity index (χ3n) is 4.42. The van der Waals surface area contributed by atoms with Crippen molar-refractivity contribution < 1.29 is 19.1 Å². The van der Waals surface area contributed by atoms with Gasteiger partial charge in [0.1, 0.15) is 11.5 Å². The number of thiocarbonyl (C=S) groups is 1. The van der Waals surface area contributed by atoms with Gasteiger partial charge >= 0.3 is 0 Å². The normalized spacial score (nSPS) is 10.1. The zero-order valence-corrected chi connectivity index (χ0v) is 18.5. The third-order valence-corrected chi connectivity index (χ3v) is 4.63. The summed E-state index contributed by atoms with van der Waals surface area (Å²) in [6, 6.07) is 20.6. The highest BCUT2D eigenvalue weighted by Crippen LogP contribution is 2.20. The second-order valence-electron chi connectivity index (χ2n) is 6.59. The second-order valence-corrected chi connectivity index (χ2v) is 7.00. The highest BCUT2D eigenvalue weighted by molar-refractivity contribution is 7.80. The summed E-state index contributed by atoms with van der Waals surface area (Å²) in [4.78, 5) is 25.2. The number of hydrogen-bond donors (Lipinski definition) is 3. The van der Waals surface area contributed by atoms with E-state index in [2.05, 4.69) is 16.0 Å². The van der Waals surface area contributed by atoms with Gasteiger partial charge < -0.3 is 20.1 Å². The number of amides is 2. The molecule has 7 nitrogen and oxygen atoms in total. The predicted molar refractivity (Wildman–Crippen MR) is 129 cm³/mol. The molecule has 32 heavy (non-hydrogen) atoms. The minimum Gasteiger partial charge on any atom is -0.497 e. The number of hydrogen-bond acceptors (Lipinski definition) is 5. The molecule has 0 radical (unpaired) electrons. The Hall–Kier alpha value is -3.91. The van der Waals surface area contributed by atoms with Crippen LogP contribution in [0.3, 0.4) is 0 Å². The molecule has 0 aliphatic rings. The van der Waals surface area contributed by atoms with Gasteiger partial charge in [0.2, 0.25) is 0 Å². The smallest absolute Gasteiger partial charge is 0.257 e. The van der Waals surface area contributed by atoms with E-state index in [-0.39, 0.29) is 16.9 Å². The van der Waals surface area contributed by atoms with Gasteiger partial charge in [-0.25, -0.2) is 0 Å². The molecule has 3 rings (SSSR count). The first-order chi connectivity index (χ1) is 15.5. The van der Waals surface area contributed by atoms with Crippen molar-refractivity contribution in [3.63, 3.8) is 0 Å². The Labute approximate surface area is 191 Å². The minimum absolute atomic E-state index is 0.0761. The van der Waals surface area contributed by atoms with Crippen LogP contribution in [-0.4, -0.2) is 30.6 Å². The largest absolute Gasteiger partial charge is 0.497 e. The van der Waals surface area contributed by atoms with Crippen molar-refractivity contribution in [2.24, 2.45) is 0 Å². The first-order valence-corrected chi connectivity index (χ1v) is 10.3. The van der Waals surface area contributed by atoms with Gasteiger partial charge in [-0.15, -0.1) is 0 Å². The fraction of sp³-hybridized carbons (Fsp3) is 0.125. The van der Waals surface area contributed by atoms with Gasteiger partial charge in [-0.2, -0.15) is 0 Å². The molecule has 8 heteroatoms. The molecule has 0 spiro atoms. The summed E-state index contributed by atoms with van der Waals surface area (Å²) >= 11 is 5.26. The molecule has 3 aromatic rings. The Bertz CT molecular complexity index is 1100. The molecular weight excluding hydrogens is 426 g/mol. The third kappa shape index (κ3) is 6.05. The highest BCUT2D eigenvalue weighted by atomic mass is 32.1. The standard InChI is InChI=1S/C24H23N3O4S/c1-3-31-19-14-10-17(11-15-19)25-23(29)20-6-4-5-7-21(20)26-24(32)27-22(28)16-8-12-18(30-2)13-9-16/h4-15H,3H2,1-2H3,(H,25,29)(H2,26,27,28,32). The Kier molecular flexibility index (Phi) is 7.77. The number of benzene rings is 3. The Balaban J connectivity index is 1.65. The summed E-state index contributed by atoms with van der Waals surface area (Å²) in [6.45, 7) is 2.48. The van der Waals surface area contributed by atoms with Crippen LogP contribution >= 0.6 is 12.2 Å². The summed E-state index contributed by atoms with van der Waals surface area (Å²) in [5.41, 5.74) is 1.90. The van der Waals surface area contributed by atoms with Crippen molar-refractivity contribution in [1.82, 2.24) is 5.32 Å². The number of methoxy groups -OCH3 is 1. The molecular formula is C24H23N3O4S. The summed E-state index contributed by atoms with van der Waals surface area (Å²) in [7, 11) is 1.55. The molecule has 0 heterocycles. The number of carbonyl (C=O) groups is 2. The van der Waals surface area contributed by atoms with Crippen molar-refractivity contribution in [1.29, 1.82) is 0 Å². The van der Waals surface area contributed by atoms with Gasteiger partial charge in [-0.1, -0.05) is 12.1 Å². The van der Waals surface area contributed by atoms with E-state index in [0.717, 1.165) is 5.75 Å². The minimum atomic E-state index is -0.374. The van der Waals surface area contributed by atoms with Crippen LogP contribution in [0.15, 0.2) is 72.8 Å². The lowest BCUT2D eigenvalue weighted by molar-refractivity contribution is 0.0976. The maximum atomic E-state index is 12.8. The average molecular weight is 450 g/mol. The number of nitrogens with one attached hydrogen (secondary N) is 3. The molecule has 0 aromatic heterocycles. The molecule has 0 bridgehead atoms. The monoisotopic (exact) mass is 449 g/mol. The van der Waals surface area contributed by atoms with E-state index >= 15 is 0 Å². The fourth-order valence-electron chi connectivity index (χ4n) is 2.86. The quantitative estimate of drug-likeness (QED) is 0.461. The molecule has 0 unspecified atom stereocenters. The van der Waals surface area contributed by atoms with Crippen LogP contribution < -0.4 is 25.4 Å². The maximum Gasteiger partial charge on any atom is 0.257 e. The average Bonchev–Trinajstić information content (AvgIpc) is 2.80. The van der Waals surface area contributed by atoms with Crippen molar-refractivity contribution in [2.45, 2.75) is 6.92 Å². The molecule has 164 valence electrons. The lowest BCUT2D eigenvalue weighted by Crippen LogP contribution is -2.34. The van der Waals surface area contributed by atoms with Gasteiger partial charge in [0.15, 0.2) is 5.11 Å². The van der Waals surface area contributed by atoms with Crippen LogP contribution in [0.5, 0.6) is 11.5 Å². The van der Waals surface area contributed by atoms with Gasteiger partial charge in [0.25, 0.3) is 11.8 Å². The summed E-state index contributed by atoms with van der Waals surface area (Å²) in [6.07, 6.45) is 0. The fourth-order valence-corrected chi connectivity index (χ4v) is 3.06. The molecule has 0 aliphatic heterocycles. The highest BCUT2D eigenvalue weighted by Gasteiger charge is 2.14. The lowest BCUT2D eigenvalue weighted by Gasteiger charge is -2.14. The molecule has 3 aromatic carbocycles. The molecule has 0 saturated carbocycles. The van der Waals surface area contributed by atoms with Crippen LogP contribution in [0.25, 0.3) is 0 Å². The Morgan fingerprint density at radius 3 is 2.16 bits per heavy atom. The first-order valence-electron chi connectivity index (χ1n) is 9.89. The van der Waals surface area contributed by atoms with Crippen molar-refractivity contribution in [3.05, 3.63) is 83.9 Å². The van der Waals surface area contributed by atoms with Crippen molar-refractivity contribution in [2.75, 3.05) is 24.4 Å². The molecule has 0 fully saturated rings. The SMILES string of the molecule is CCOc1ccc(NC(=O)c2ccccc2NC(=S)NC(=O)c2ccc(OC)cc2)cc1. The first kappa shape index (κ1) is 22.8. The van der Waals surface area contributed by atoms with Crippen molar-refractivity contribution >= 4 is 40.5 Å². The van der Waals surface area contributed by atoms with Gasteiger partial charge in [0.05, 0.1) is 25.0 Å². The van der Waals surface area contributed by atoms with E-state index in [1.54, 1.807) is 79.9 Å². The topological polar surface area (TPSA) is 88.7 Å². The van der Waals surface area contributed by atoms with E-state index in [9.17, 15) is 9.59 Å². The van der Waals surface area contributed by atoms with E-state index in [1.165, 1.54) is 0 Å². The predicted octanol–water partition coefficient (Wildman–Crippen LogP) is 4.47. The van der Waals surface area contributed by atoms with Crippen LogP contribution in [0, 0.1) is 0 Å². The van der Waals surface area contributed by atoms with Gasteiger partial charge in [-0.05, 0) is 79.8 Å². The zero-order valence-electron chi connectivity index (χ0n) is 17.7. The van der Waals surface area contributed by atoms with Crippen LogP contribution in [0.2, 0.25) is 0 Å². The summed E-state index contributed by atoms with van der Waals surface area (Å²) in [5.74, 6) is 0.684. The number of rotatable bonds is 7. The van der Waals surface area contributed by atoms with E-state index in [1.807, 2.05) is 6.92 Å². The number of anilines is 2. The molecule has 2 amide bonds. The molecule has 0 atom stereocenters. The molecule has 0 aliphatic carbocycles. The van der Waals surface area contributed by atoms with Crippen LogP contribution in [0.4, 0.5) is 11.4 Å². The van der Waals surface area contributed by atoms with Crippen LogP contribution in [-0.2, 0) is 0 Å². The zero-order chi connectivity index (χ0) is 22.9. The number of carbonyl (C=O) groups excluding carboxylic acids is 2. The summed E-state index contributed by atoms with van der Waals surface area (Å²) < 4.78 is 10.5. The Morgan fingerprint density at radius 1 is 0.844 bits per heavy atom. The second kappa shape index (κ2) is 10.9. The van der Waals surface area contributed by atoms with Gasteiger partial charge in [-0.3, -0.25) is 14.9 Å². The lowest BCUT2D eigenvalue weighted by atomic mass is 10.1. The molecule has 3 N–H and O–H groups in total.